The largest absolute Gasteiger partial charge is 0.495 e. The number of hydrogen-bond acceptors (Lipinski definition) is 6. The van der Waals surface area contributed by atoms with E-state index in [4.69, 9.17) is 14.2 Å². The minimum atomic E-state index is -0.451. The molecular formula is C26H26O6. The predicted octanol–water partition coefficient (Wildman–Crippen LogP) is 4.87. The molecule has 3 aromatic rings. The third-order valence-electron chi connectivity index (χ3n) is 4.96. The first-order chi connectivity index (χ1) is 15.5. The Morgan fingerprint density at radius 3 is 1.56 bits per heavy atom. The molecule has 3 rings (SSSR count). The normalized spacial score (nSPS) is 10.5. The molecule has 1 N–H and O–H groups in total. The lowest BCUT2D eigenvalue weighted by molar-refractivity contribution is 0.0517. The lowest BCUT2D eigenvalue weighted by Crippen LogP contribution is -2.08. The first kappa shape index (κ1) is 23.0. The second kappa shape index (κ2) is 10.6. The number of rotatable bonds is 8. The standard InChI is InChI=1S/C26H26O6/c1-4-31-25(28)20-12-8-6-10-18(20)22-14-17(16-27)15-23(24(22)30-3)19-11-7-9-13-21(19)26(29)32-5-2/h6-15,27H,4-5,16H2,1-3H3. The topological polar surface area (TPSA) is 82.1 Å². The predicted molar refractivity (Wildman–Crippen MR) is 122 cm³/mol. The van der Waals surface area contributed by atoms with Crippen LogP contribution in [0.1, 0.15) is 40.1 Å². The van der Waals surface area contributed by atoms with Crippen molar-refractivity contribution in [3.05, 3.63) is 77.4 Å². The van der Waals surface area contributed by atoms with Crippen LogP contribution < -0.4 is 4.74 Å². The van der Waals surface area contributed by atoms with Gasteiger partial charge in [0.05, 0.1) is 38.1 Å². The molecule has 166 valence electrons. The van der Waals surface area contributed by atoms with Crippen molar-refractivity contribution in [3.8, 4) is 28.0 Å². The molecule has 32 heavy (non-hydrogen) atoms. The minimum Gasteiger partial charge on any atom is -0.495 e. The van der Waals surface area contributed by atoms with Crippen molar-refractivity contribution in [2.45, 2.75) is 20.5 Å². The fraction of sp³-hybridized carbons (Fsp3) is 0.231. The number of carbonyl (C=O) groups is 2. The summed E-state index contributed by atoms with van der Waals surface area (Å²) < 4.78 is 16.2. The van der Waals surface area contributed by atoms with Crippen molar-refractivity contribution in [2.24, 2.45) is 0 Å². The van der Waals surface area contributed by atoms with E-state index in [1.165, 1.54) is 7.11 Å². The van der Waals surface area contributed by atoms with Crippen LogP contribution in [0.4, 0.5) is 0 Å². The van der Waals surface area contributed by atoms with Gasteiger partial charge in [0, 0.05) is 11.1 Å². The van der Waals surface area contributed by atoms with E-state index in [2.05, 4.69) is 0 Å². The summed E-state index contributed by atoms with van der Waals surface area (Å²) in [5.74, 6) is -0.434. The Morgan fingerprint density at radius 2 is 1.19 bits per heavy atom. The fourth-order valence-electron chi connectivity index (χ4n) is 3.61. The molecule has 6 nitrogen and oxygen atoms in total. The van der Waals surface area contributed by atoms with Gasteiger partial charge in [-0.25, -0.2) is 9.59 Å². The monoisotopic (exact) mass is 434 g/mol. The number of esters is 2. The molecule has 0 amide bonds. The molecule has 6 heteroatoms. The minimum absolute atomic E-state index is 0.229. The molecule has 0 aliphatic heterocycles. The van der Waals surface area contributed by atoms with Crippen LogP contribution >= 0.6 is 0 Å². The van der Waals surface area contributed by atoms with Crippen molar-refractivity contribution in [1.29, 1.82) is 0 Å². The van der Waals surface area contributed by atoms with Gasteiger partial charge in [-0.1, -0.05) is 36.4 Å². The first-order valence-electron chi connectivity index (χ1n) is 10.4. The molecule has 0 fully saturated rings. The number of carbonyl (C=O) groups excluding carboxylic acids is 2. The second-order valence-electron chi connectivity index (χ2n) is 6.91. The Morgan fingerprint density at radius 1 is 0.750 bits per heavy atom. The summed E-state index contributed by atoms with van der Waals surface area (Å²) >= 11 is 0. The van der Waals surface area contributed by atoms with E-state index in [1.54, 1.807) is 62.4 Å². The van der Waals surface area contributed by atoms with Gasteiger partial charge in [0.15, 0.2) is 0 Å². The van der Waals surface area contributed by atoms with E-state index in [1.807, 2.05) is 12.1 Å². The number of aliphatic hydroxyl groups excluding tert-OH is 1. The summed E-state index contributed by atoms with van der Waals surface area (Å²) in [6, 6.07) is 17.7. The van der Waals surface area contributed by atoms with Crippen LogP contribution in [-0.2, 0) is 16.1 Å². The van der Waals surface area contributed by atoms with E-state index in [9.17, 15) is 14.7 Å². The zero-order valence-electron chi connectivity index (χ0n) is 18.4. The molecule has 0 saturated heterocycles. The highest BCUT2D eigenvalue weighted by atomic mass is 16.5. The Kier molecular flexibility index (Phi) is 7.63. The van der Waals surface area contributed by atoms with Gasteiger partial charge in [0.25, 0.3) is 0 Å². The van der Waals surface area contributed by atoms with E-state index >= 15 is 0 Å². The molecule has 0 saturated carbocycles. The van der Waals surface area contributed by atoms with Crippen LogP contribution in [0.5, 0.6) is 5.75 Å². The van der Waals surface area contributed by atoms with Gasteiger partial charge in [-0.2, -0.15) is 0 Å². The molecule has 0 atom stereocenters. The summed E-state index contributed by atoms with van der Waals surface area (Å²) in [4.78, 5) is 25.2. The average molecular weight is 434 g/mol. The third-order valence-corrected chi connectivity index (χ3v) is 4.96. The number of aliphatic hydroxyl groups is 1. The number of ether oxygens (including phenoxy) is 3. The summed E-state index contributed by atoms with van der Waals surface area (Å²) in [5, 5.41) is 9.95. The summed E-state index contributed by atoms with van der Waals surface area (Å²) in [6.45, 7) is 3.77. The molecule has 0 spiro atoms. The van der Waals surface area contributed by atoms with Gasteiger partial charge in [-0.05, 0) is 54.8 Å². The molecular weight excluding hydrogens is 408 g/mol. The van der Waals surface area contributed by atoms with Gasteiger partial charge in [-0.15, -0.1) is 0 Å². The maximum absolute atomic E-state index is 12.6. The zero-order valence-corrected chi connectivity index (χ0v) is 18.4. The third kappa shape index (κ3) is 4.65. The summed E-state index contributed by atoms with van der Waals surface area (Å²) in [7, 11) is 1.53. The van der Waals surface area contributed by atoms with Crippen molar-refractivity contribution >= 4 is 11.9 Å². The number of benzene rings is 3. The molecule has 0 aliphatic carbocycles. The molecule has 3 aromatic carbocycles. The average Bonchev–Trinajstić information content (AvgIpc) is 2.83. The maximum Gasteiger partial charge on any atom is 0.338 e. The SMILES string of the molecule is CCOC(=O)c1ccccc1-c1cc(CO)cc(-c2ccccc2C(=O)OCC)c1OC. The Hall–Kier alpha value is -3.64. The Bertz CT molecular complexity index is 1040. The lowest BCUT2D eigenvalue weighted by atomic mass is 9.90. The Balaban J connectivity index is 2.30. The highest BCUT2D eigenvalue weighted by molar-refractivity contribution is 6.02. The van der Waals surface area contributed by atoms with Crippen LogP contribution in [0.2, 0.25) is 0 Å². The van der Waals surface area contributed by atoms with Gasteiger partial charge >= 0.3 is 11.9 Å². The van der Waals surface area contributed by atoms with E-state index in [0.717, 1.165) is 0 Å². The van der Waals surface area contributed by atoms with Crippen LogP contribution in [-0.4, -0.2) is 37.4 Å². The summed E-state index contributed by atoms with van der Waals surface area (Å²) in [6.07, 6.45) is 0. The van der Waals surface area contributed by atoms with Crippen LogP contribution in [0.3, 0.4) is 0 Å². The fourth-order valence-corrected chi connectivity index (χ4v) is 3.61. The van der Waals surface area contributed by atoms with Crippen molar-refractivity contribution < 1.29 is 28.9 Å². The van der Waals surface area contributed by atoms with Gasteiger partial charge in [-0.3, -0.25) is 0 Å². The van der Waals surface area contributed by atoms with E-state index in [-0.39, 0.29) is 19.8 Å². The zero-order chi connectivity index (χ0) is 23.1. The molecule has 0 heterocycles. The van der Waals surface area contributed by atoms with Crippen molar-refractivity contribution in [2.75, 3.05) is 20.3 Å². The van der Waals surface area contributed by atoms with E-state index < -0.39 is 11.9 Å². The molecule has 0 radical (unpaired) electrons. The highest BCUT2D eigenvalue weighted by Gasteiger charge is 2.23. The second-order valence-corrected chi connectivity index (χ2v) is 6.91. The number of methoxy groups -OCH3 is 1. The summed E-state index contributed by atoms with van der Waals surface area (Å²) in [5.41, 5.74) is 3.79. The van der Waals surface area contributed by atoms with Gasteiger partial charge in [0.2, 0.25) is 0 Å². The highest BCUT2D eigenvalue weighted by Crippen LogP contribution is 2.42. The molecule has 0 unspecified atom stereocenters. The van der Waals surface area contributed by atoms with E-state index in [0.29, 0.717) is 44.7 Å². The van der Waals surface area contributed by atoms with Crippen LogP contribution in [0, 0.1) is 0 Å². The molecule has 0 aliphatic rings. The first-order valence-corrected chi connectivity index (χ1v) is 10.4. The van der Waals surface area contributed by atoms with Crippen LogP contribution in [0.25, 0.3) is 22.3 Å². The maximum atomic E-state index is 12.6. The Labute approximate surface area is 187 Å². The van der Waals surface area contributed by atoms with Gasteiger partial charge < -0.3 is 19.3 Å². The van der Waals surface area contributed by atoms with Gasteiger partial charge in [0.1, 0.15) is 5.75 Å². The lowest BCUT2D eigenvalue weighted by Gasteiger charge is -2.19. The molecule has 0 bridgehead atoms. The van der Waals surface area contributed by atoms with Crippen molar-refractivity contribution in [1.82, 2.24) is 0 Å². The number of hydrogen-bond donors (Lipinski definition) is 1. The quantitative estimate of drug-likeness (QED) is 0.509. The molecule has 0 aromatic heterocycles. The smallest absolute Gasteiger partial charge is 0.338 e. The van der Waals surface area contributed by atoms with Crippen molar-refractivity contribution in [3.63, 3.8) is 0 Å². The van der Waals surface area contributed by atoms with Crippen LogP contribution in [0.15, 0.2) is 60.7 Å².